The molecule has 6 nitrogen and oxygen atoms in total. The molecule has 0 aliphatic heterocycles. The van der Waals surface area contributed by atoms with E-state index in [-0.39, 0.29) is 0 Å². The van der Waals surface area contributed by atoms with Crippen molar-refractivity contribution in [2.45, 2.75) is 0 Å². The van der Waals surface area contributed by atoms with Crippen LogP contribution in [0.5, 0.6) is 0 Å². The molecule has 0 atom stereocenters. The van der Waals surface area contributed by atoms with Gasteiger partial charge in [-0.15, -0.1) is 0 Å². The average molecular weight is 650 g/mol. The summed E-state index contributed by atoms with van der Waals surface area (Å²) in [5, 5.41) is 25.7. The summed E-state index contributed by atoms with van der Waals surface area (Å²) < 4.78 is 10.9. The molecule has 3 aromatic heterocycles. The van der Waals surface area contributed by atoms with E-state index in [0.717, 1.165) is 88.1 Å². The molecule has 10 aromatic rings. The molecule has 3 heterocycles. The Labute approximate surface area is 291 Å². The van der Waals surface area contributed by atoms with Crippen LogP contribution in [0.2, 0.25) is 0 Å². The summed E-state index contributed by atoms with van der Waals surface area (Å²) in [6.07, 6.45) is 0. The van der Waals surface area contributed by atoms with Gasteiger partial charge in [0.1, 0.15) is 11.2 Å². The molecule has 0 aliphatic rings. The lowest BCUT2D eigenvalue weighted by Gasteiger charge is -2.13. The standard InChI is InChI=1S/C45H23N5O/c1-48-31-13-17-41-37(24-31)34-6-2-4-8-39(34)50(41)33-21-28(26-47)20-30(23-33)29-11-14-32(15-12-29)49-40-9-5-3-7-36(40)44-42(49)18-16-35-38-22-27(25-46)10-19-43(38)51-45(35)44/h2-24H. The van der Waals surface area contributed by atoms with Crippen molar-refractivity contribution in [3.8, 4) is 34.6 Å². The molecule has 7 aromatic carbocycles. The summed E-state index contributed by atoms with van der Waals surface area (Å²) in [4.78, 5) is 3.66. The number of rotatable bonds is 3. The van der Waals surface area contributed by atoms with Crippen molar-refractivity contribution in [2.24, 2.45) is 0 Å². The van der Waals surface area contributed by atoms with Gasteiger partial charge in [-0.05, 0) is 101 Å². The topological polar surface area (TPSA) is 74.9 Å². The number of hydrogen-bond acceptors (Lipinski definition) is 3. The van der Waals surface area contributed by atoms with Crippen molar-refractivity contribution in [1.82, 2.24) is 9.13 Å². The summed E-state index contributed by atoms with van der Waals surface area (Å²) in [5.74, 6) is 0. The van der Waals surface area contributed by atoms with Crippen LogP contribution < -0.4 is 0 Å². The van der Waals surface area contributed by atoms with E-state index in [1.165, 1.54) is 0 Å². The molecular formula is C45H23N5O. The number of furan rings is 1. The molecule has 0 N–H and O–H groups in total. The number of nitrogens with zero attached hydrogens (tertiary/aromatic N) is 5. The zero-order valence-corrected chi connectivity index (χ0v) is 26.9. The highest BCUT2D eigenvalue weighted by molar-refractivity contribution is 6.24. The summed E-state index contributed by atoms with van der Waals surface area (Å²) in [7, 11) is 0. The van der Waals surface area contributed by atoms with Crippen LogP contribution in [0.25, 0.3) is 92.9 Å². The van der Waals surface area contributed by atoms with Crippen molar-refractivity contribution in [1.29, 1.82) is 10.5 Å². The van der Waals surface area contributed by atoms with Gasteiger partial charge in [-0.2, -0.15) is 10.5 Å². The Balaban J connectivity index is 1.13. The van der Waals surface area contributed by atoms with E-state index in [4.69, 9.17) is 11.0 Å². The zero-order chi connectivity index (χ0) is 34.2. The highest BCUT2D eigenvalue weighted by Gasteiger charge is 2.19. The van der Waals surface area contributed by atoms with Gasteiger partial charge in [-0.1, -0.05) is 54.6 Å². The van der Waals surface area contributed by atoms with Crippen molar-refractivity contribution in [3.63, 3.8) is 0 Å². The third-order valence-electron chi connectivity index (χ3n) is 9.95. The monoisotopic (exact) mass is 649 g/mol. The molecule has 0 spiro atoms. The maximum atomic E-state index is 10.1. The van der Waals surface area contributed by atoms with E-state index in [1.807, 2.05) is 66.7 Å². The highest BCUT2D eigenvalue weighted by Crippen LogP contribution is 2.41. The lowest BCUT2D eigenvalue weighted by atomic mass is 10.0. The number of benzene rings is 7. The van der Waals surface area contributed by atoms with Gasteiger partial charge in [0.15, 0.2) is 5.69 Å². The number of para-hydroxylation sites is 2. The molecule has 0 amide bonds. The van der Waals surface area contributed by atoms with E-state index >= 15 is 0 Å². The molecule has 0 saturated heterocycles. The molecule has 0 unspecified atom stereocenters. The van der Waals surface area contributed by atoms with E-state index in [9.17, 15) is 10.5 Å². The normalized spacial score (nSPS) is 11.5. The number of aromatic nitrogens is 2. The molecule has 6 heteroatoms. The molecular weight excluding hydrogens is 627 g/mol. The maximum absolute atomic E-state index is 10.1. The van der Waals surface area contributed by atoms with Gasteiger partial charge in [0.25, 0.3) is 0 Å². The van der Waals surface area contributed by atoms with E-state index in [1.54, 1.807) is 6.07 Å². The minimum absolute atomic E-state index is 0.564. The van der Waals surface area contributed by atoms with Crippen LogP contribution in [0.15, 0.2) is 144 Å². The Hall–Kier alpha value is -7.59. The van der Waals surface area contributed by atoms with Crippen LogP contribution in [-0.4, -0.2) is 9.13 Å². The molecule has 0 radical (unpaired) electrons. The Bertz CT molecular complexity index is 3230. The summed E-state index contributed by atoms with van der Waals surface area (Å²) in [6, 6.07) is 51.1. The van der Waals surface area contributed by atoms with Crippen molar-refractivity contribution in [3.05, 3.63) is 162 Å². The van der Waals surface area contributed by atoms with Crippen LogP contribution in [0.4, 0.5) is 5.69 Å². The average Bonchev–Trinajstić information content (AvgIpc) is 3.84. The lowest BCUT2D eigenvalue weighted by Crippen LogP contribution is -1.96. The predicted octanol–water partition coefficient (Wildman–Crippen LogP) is 11.7. The fourth-order valence-electron chi connectivity index (χ4n) is 7.72. The van der Waals surface area contributed by atoms with Crippen molar-refractivity contribution in [2.75, 3.05) is 0 Å². The molecule has 0 bridgehead atoms. The van der Waals surface area contributed by atoms with E-state index < -0.39 is 0 Å². The molecule has 0 saturated carbocycles. The van der Waals surface area contributed by atoms with Crippen LogP contribution in [0, 0.1) is 29.2 Å². The smallest absolute Gasteiger partial charge is 0.188 e. The van der Waals surface area contributed by atoms with Gasteiger partial charge in [-0.25, -0.2) is 4.85 Å². The molecule has 0 fully saturated rings. The van der Waals surface area contributed by atoms with Crippen molar-refractivity contribution >= 4 is 71.2 Å². The second-order valence-corrected chi connectivity index (χ2v) is 12.7. The van der Waals surface area contributed by atoms with Gasteiger partial charge in [-0.3, -0.25) is 0 Å². The Kier molecular flexibility index (Phi) is 5.97. The third-order valence-corrected chi connectivity index (χ3v) is 9.95. The minimum atomic E-state index is 0.564. The Morgan fingerprint density at radius 2 is 1.22 bits per heavy atom. The second-order valence-electron chi connectivity index (χ2n) is 12.7. The quantitative estimate of drug-likeness (QED) is 0.179. The summed E-state index contributed by atoms with van der Waals surface area (Å²) in [5.41, 5.74) is 11.2. The van der Waals surface area contributed by atoms with Gasteiger partial charge in [0.05, 0.1) is 57.3 Å². The summed E-state index contributed by atoms with van der Waals surface area (Å²) >= 11 is 0. The molecule has 10 rings (SSSR count). The van der Waals surface area contributed by atoms with Gasteiger partial charge in [0, 0.05) is 32.9 Å². The van der Waals surface area contributed by atoms with Crippen LogP contribution >= 0.6 is 0 Å². The molecule has 234 valence electrons. The number of hydrogen-bond donors (Lipinski definition) is 0. The first-order chi connectivity index (χ1) is 25.1. The molecule has 51 heavy (non-hydrogen) atoms. The van der Waals surface area contributed by atoms with Crippen LogP contribution in [0.3, 0.4) is 0 Å². The minimum Gasteiger partial charge on any atom is -0.455 e. The molecule has 0 aliphatic carbocycles. The maximum Gasteiger partial charge on any atom is 0.188 e. The van der Waals surface area contributed by atoms with E-state index in [0.29, 0.717) is 16.8 Å². The van der Waals surface area contributed by atoms with Gasteiger partial charge < -0.3 is 13.6 Å². The fourth-order valence-corrected chi connectivity index (χ4v) is 7.72. The number of fused-ring (bicyclic) bond motifs is 10. The Morgan fingerprint density at radius 3 is 2.00 bits per heavy atom. The fraction of sp³-hybridized carbons (Fsp3) is 0. The van der Waals surface area contributed by atoms with Crippen molar-refractivity contribution < 1.29 is 4.42 Å². The first-order valence-electron chi connectivity index (χ1n) is 16.5. The highest BCUT2D eigenvalue weighted by atomic mass is 16.3. The van der Waals surface area contributed by atoms with Crippen LogP contribution in [0.1, 0.15) is 11.1 Å². The third kappa shape index (κ3) is 4.14. The number of nitriles is 2. The first-order valence-corrected chi connectivity index (χ1v) is 16.5. The van der Waals surface area contributed by atoms with Gasteiger partial charge >= 0.3 is 0 Å². The second kappa shape index (κ2) is 10.7. The summed E-state index contributed by atoms with van der Waals surface area (Å²) in [6.45, 7) is 7.55. The zero-order valence-electron chi connectivity index (χ0n) is 26.9. The predicted molar refractivity (Wildman–Crippen MR) is 204 cm³/mol. The SMILES string of the molecule is [C-]#[N+]c1ccc2c(c1)c1ccccc1n2-c1cc(C#N)cc(-c2ccc(-n3c4ccccc4c4c5oc6ccc(C#N)cc6c5ccc43)cc2)c1. The largest absolute Gasteiger partial charge is 0.455 e. The van der Waals surface area contributed by atoms with E-state index in [2.05, 4.69) is 92.8 Å². The lowest BCUT2D eigenvalue weighted by molar-refractivity contribution is 0.673. The van der Waals surface area contributed by atoms with Crippen LogP contribution in [-0.2, 0) is 0 Å². The Morgan fingerprint density at radius 1 is 0.510 bits per heavy atom. The first kappa shape index (κ1) is 28.4. The van der Waals surface area contributed by atoms with Gasteiger partial charge in [0.2, 0.25) is 0 Å².